The van der Waals surface area contributed by atoms with Crippen molar-refractivity contribution in [2.45, 2.75) is 65.5 Å². The number of carbonyl (C=O) groups excluding carboxylic acids is 1. The monoisotopic (exact) mass is 258 g/mol. The van der Waals surface area contributed by atoms with Gasteiger partial charge in [0.05, 0.1) is 12.5 Å². The first kappa shape index (κ1) is 16.9. The lowest BCUT2D eigenvalue weighted by Gasteiger charge is -2.31. The number of amides is 1. The van der Waals surface area contributed by atoms with E-state index in [0.29, 0.717) is 6.42 Å². The molecule has 4 N–H and O–H groups in total. The van der Waals surface area contributed by atoms with E-state index in [2.05, 4.69) is 5.32 Å². The number of carboxylic acids is 1. The summed E-state index contributed by atoms with van der Waals surface area (Å²) in [5.41, 5.74) is 5.46. The lowest BCUT2D eigenvalue weighted by atomic mass is 9.84. The maximum atomic E-state index is 11.9. The molecular weight excluding hydrogens is 232 g/mol. The van der Waals surface area contributed by atoms with Gasteiger partial charge in [0, 0.05) is 6.04 Å². The van der Waals surface area contributed by atoms with Gasteiger partial charge in [-0.1, -0.05) is 40.5 Å². The van der Waals surface area contributed by atoms with Gasteiger partial charge in [-0.25, -0.2) is 0 Å². The van der Waals surface area contributed by atoms with E-state index in [4.69, 9.17) is 10.8 Å². The number of hydrogen-bond acceptors (Lipinski definition) is 3. The zero-order valence-corrected chi connectivity index (χ0v) is 11.8. The molecule has 0 spiro atoms. The average molecular weight is 258 g/mol. The molecule has 5 nitrogen and oxygen atoms in total. The molecule has 0 aliphatic carbocycles. The molecule has 1 amide bonds. The first-order valence-corrected chi connectivity index (χ1v) is 6.46. The van der Waals surface area contributed by atoms with Gasteiger partial charge in [-0.2, -0.15) is 0 Å². The Labute approximate surface area is 109 Å². The molecule has 0 aromatic rings. The highest BCUT2D eigenvalue weighted by Gasteiger charge is 2.29. The Balaban J connectivity index is 4.48. The van der Waals surface area contributed by atoms with Crippen LogP contribution < -0.4 is 11.1 Å². The van der Waals surface area contributed by atoms with Crippen LogP contribution in [-0.2, 0) is 9.59 Å². The number of nitrogens with one attached hydrogen (secondary N) is 1. The Kier molecular flexibility index (Phi) is 6.91. The largest absolute Gasteiger partial charge is 0.481 e. The molecule has 0 rings (SSSR count). The van der Waals surface area contributed by atoms with Crippen molar-refractivity contribution in [3.8, 4) is 0 Å². The summed E-state index contributed by atoms with van der Waals surface area (Å²) in [6.07, 6.45) is 2.43. The Morgan fingerprint density at radius 3 is 2.28 bits per heavy atom. The van der Waals surface area contributed by atoms with E-state index < -0.39 is 18.1 Å². The lowest BCUT2D eigenvalue weighted by Crippen LogP contribution is -2.50. The third-order valence-corrected chi connectivity index (χ3v) is 2.95. The zero-order chi connectivity index (χ0) is 14.3. The number of hydrogen-bond donors (Lipinski definition) is 3. The Morgan fingerprint density at radius 2 is 1.89 bits per heavy atom. The number of nitrogens with two attached hydrogens (primary N) is 1. The standard InChI is InChI=1S/C13H26N2O3/c1-5-6-7-9(14)12(18)15-10(8-11(16)17)13(2,3)4/h9-10H,5-8,14H2,1-4H3,(H,15,18)(H,16,17). The average Bonchev–Trinajstić information content (AvgIpc) is 2.22. The highest BCUT2D eigenvalue weighted by Crippen LogP contribution is 2.22. The Bertz CT molecular complexity index is 284. The molecule has 5 heteroatoms. The third-order valence-electron chi connectivity index (χ3n) is 2.95. The number of unbranched alkanes of at least 4 members (excludes halogenated alkanes) is 1. The van der Waals surface area contributed by atoms with Crippen molar-refractivity contribution < 1.29 is 14.7 Å². The second-order valence-electron chi connectivity index (χ2n) is 5.77. The number of rotatable bonds is 7. The predicted octanol–water partition coefficient (Wildman–Crippen LogP) is 1.51. The van der Waals surface area contributed by atoms with Crippen LogP contribution in [0.3, 0.4) is 0 Å². The van der Waals surface area contributed by atoms with Gasteiger partial charge in [-0.15, -0.1) is 0 Å². The summed E-state index contributed by atoms with van der Waals surface area (Å²) in [5.74, 6) is -1.18. The van der Waals surface area contributed by atoms with Crippen LogP contribution >= 0.6 is 0 Å². The Hall–Kier alpha value is -1.10. The predicted molar refractivity (Wildman–Crippen MR) is 71.1 cm³/mol. The molecule has 2 unspecified atom stereocenters. The van der Waals surface area contributed by atoms with Crippen molar-refractivity contribution in [3.05, 3.63) is 0 Å². The molecule has 0 aliphatic heterocycles. The molecule has 0 saturated heterocycles. The number of carboxylic acid groups (broad SMARTS) is 1. The molecule has 2 atom stereocenters. The third kappa shape index (κ3) is 6.59. The highest BCUT2D eigenvalue weighted by molar-refractivity contribution is 5.82. The van der Waals surface area contributed by atoms with Crippen LogP contribution in [0.4, 0.5) is 0 Å². The quantitative estimate of drug-likeness (QED) is 0.645. The summed E-state index contributed by atoms with van der Waals surface area (Å²) in [7, 11) is 0. The normalized spacial score (nSPS) is 14.9. The van der Waals surface area contributed by atoms with E-state index in [0.717, 1.165) is 12.8 Å². The molecule has 0 bridgehead atoms. The van der Waals surface area contributed by atoms with Gasteiger partial charge in [-0.05, 0) is 11.8 Å². The summed E-state index contributed by atoms with van der Waals surface area (Å²) in [6.45, 7) is 7.74. The van der Waals surface area contributed by atoms with Gasteiger partial charge in [0.15, 0.2) is 0 Å². The molecule has 0 aliphatic rings. The van der Waals surface area contributed by atoms with Gasteiger partial charge in [0.2, 0.25) is 5.91 Å². The van der Waals surface area contributed by atoms with Gasteiger partial charge in [0.25, 0.3) is 0 Å². The minimum Gasteiger partial charge on any atom is -0.481 e. The molecule has 0 saturated carbocycles. The molecule has 0 aromatic carbocycles. The summed E-state index contributed by atoms with van der Waals surface area (Å²) in [4.78, 5) is 22.7. The van der Waals surface area contributed by atoms with Crippen LogP contribution in [0.25, 0.3) is 0 Å². The van der Waals surface area contributed by atoms with Crippen molar-refractivity contribution in [2.24, 2.45) is 11.1 Å². The van der Waals surface area contributed by atoms with Crippen molar-refractivity contribution in [3.63, 3.8) is 0 Å². The van der Waals surface area contributed by atoms with Crippen molar-refractivity contribution in [2.75, 3.05) is 0 Å². The fraction of sp³-hybridized carbons (Fsp3) is 0.846. The lowest BCUT2D eigenvalue weighted by molar-refractivity contribution is -0.138. The van der Waals surface area contributed by atoms with Crippen LogP contribution in [0.5, 0.6) is 0 Å². The van der Waals surface area contributed by atoms with Gasteiger partial charge < -0.3 is 16.2 Å². The molecule has 0 fully saturated rings. The first-order chi connectivity index (χ1) is 8.18. The molecule has 106 valence electrons. The second kappa shape index (κ2) is 7.36. The van der Waals surface area contributed by atoms with Crippen molar-refractivity contribution in [1.29, 1.82) is 0 Å². The molecule has 0 heterocycles. The number of aliphatic carboxylic acids is 1. The fourth-order valence-electron chi connectivity index (χ4n) is 1.58. The van der Waals surface area contributed by atoms with Crippen molar-refractivity contribution >= 4 is 11.9 Å². The van der Waals surface area contributed by atoms with E-state index in [-0.39, 0.29) is 17.7 Å². The SMILES string of the molecule is CCCCC(N)C(=O)NC(CC(=O)O)C(C)(C)C. The van der Waals surface area contributed by atoms with Crippen LogP contribution in [-0.4, -0.2) is 29.1 Å². The van der Waals surface area contributed by atoms with E-state index in [9.17, 15) is 9.59 Å². The van der Waals surface area contributed by atoms with Crippen LogP contribution in [0.2, 0.25) is 0 Å². The Morgan fingerprint density at radius 1 is 1.33 bits per heavy atom. The molecule has 18 heavy (non-hydrogen) atoms. The highest BCUT2D eigenvalue weighted by atomic mass is 16.4. The van der Waals surface area contributed by atoms with Gasteiger partial charge in [-0.3, -0.25) is 9.59 Å². The summed E-state index contributed by atoms with van der Waals surface area (Å²) >= 11 is 0. The first-order valence-electron chi connectivity index (χ1n) is 6.46. The molecule has 0 radical (unpaired) electrons. The van der Waals surface area contributed by atoms with Gasteiger partial charge >= 0.3 is 5.97 Å². The maximum absolute atomic E-state index is 11.9. The summed E-state index contributed by atoms with van der Waals surface area (Å²) < 4.78 is 0. The summed E-state index contributed by atoms with van der Waals surface area (Å²) in [6, 6.07) is -0.959. The van der Waals surface area contributed by atoms with E-state index in [1.54, 1.807) is 0 Å². The van der Waals surface area contributed by atoms with Crippen LogP contribution in [0.1, 0.15) is 53.4 Å². The maximum Gasteiger partial charge on any atom is 0.305 e. The number of carbonyl (C=O) groups is 2. The molecule has 0 aromatic heterocycles. The van der Waals surface area contributed by atoms with E-state index in [1.165, 1.54) is 0 Å². The minimum absolute atomic E-state index is 0.0876. The second-order valence-corrected chi connectivity index (χ2v) is 5.77. The molecular formula is C13H26N2O3. The fourth-order valence-corrected chi connectivity index (χ4v) is 1.58. The van der Waals surface area contributed by atoms with Crippen molar-refractivity contribution in [1.82, 2.24) is 5.32 Å². The van der Waals surface area contributed by atoms with Crippen LogP contribution in [0, 0.1) is 5.41 Å². The topological polar surface area (TPSA) is 92.4 Å². The van der Waals surface area contributed by atoms with Gasteiger partial charge in [0.1, 0.15) is 0 Å². The van der Waals surface area contributed by atoms with Crippen LogP contribution in [0.15, 0.2) is 0 Å². The zero-order valence-electron chi connectivity index (χ0n) is 11.8. The van der Waals surface area contributed by atoms with E-state index in [1.807, 2.05) is 27.7 Å². The smallest absolute Gasteiger partial charge is 0.305 e. The summed E-state index contributed by atoms with van der Waals surface area (Å²) in [5, 5.41) is 11.6. The minimum atomic E-state index is -0.919. The van der Waals surface area contributed by atoms with E-state index >= 15 is 0 Å².